The molecule has 0 unspecified atom stereocenters. The Morgan fingerprint density at radius 1 is 1.20 bits per heavy atom. The molecule has 0 aromatic heterocycles. The number of benzene rings is 1. The third-order valence-electron chi connectivity index (χ3n) is 3.24. The van der Waals surface area contributed by atoms with Crippen molar-refractivity contribution in [2.75, 3.05) is 11.9 Å². The number of alkyl halides is 1. The van der Waals surface area contributed by atoms with Crippen LogP contribution in [0.3, 0.4) is 0 Å². The van der Waals surface area contributed by atoms with Gasteiger partial charge in [-0.15, -0.1) is 0 Å². The number of hydrogen-bond donors (Lipinski definition) is 0. The predicted molar refractivity (Wildman–Crippen MR) is 75.5 cm³/mol. The number of rotatable bonds is 6. The van der Waals surface area contributed by atoms with E-state index in [2.05, 4.69) is 15.9 Å². The molecule has 0 N–H and O–H groups in total. The predicted octanol–water partition coefficient (Wildman–Crippen LogP) is 4.13. The van der Waals surface area contributed by atoms with E-state index in [1.807, 2.05) is 13.8 Å². The summed E-state index contributed by atoms with van der Waals surface area (Å²) in [4.78, 5) is 13.8. The van der Waals surface area contributed by atoms with Crippen molar-refractivity contribution in [3.05, 3.63) is 35.1 Å². The molecule has 0 saturated carbocycles. The van der Waals surface area contributed by atoms with Crippen molar-refractivity contribution in [2.45, 2.75) is 32.7 Å². The largest absolute Gasteiger partial charge is 0.335 e. The Morgan fingerprint density at radius 3 is 2.30 bits per heavy atom. The molecular weight excluding hydrogens is 335 g/mol. The highest BCUT2D eigenvalue weighted by atomic mass is 79.9. The van der Waals surface area contributed by atoms with Crippen molar-refractivity contribution in [3.8, 4) is 0 Å². The fourth-order valence-electron chi connectivity index (χ4n) is 2.12. The van der Waals surface area contributed by atoms with E-state index in [4.69, 9.17) is 0 Å². The number of halogens is 4. The molecule has 1 aromatic carbocycles. The van der Waals surface area contributed by atoms with Crippen molar-refractivity contribution in [2.24, 2.45) is 0 Å². The van der Waals surface area contributed by atoms with Gasteiger partial charge in [-0.1, -0.05) is 29.8 Å². The average Bonchev–Trinajstić information content (AvgIpc) is 2.44. The Labute approximate surface area is 125 Å². The SMILES string of the molecule is CCC(CC)N(CCBr)C(=O)c1ccc(F)c(F)c1F. The van der Waals surface area contributed by atoms with Gasteiger partial charge in [0, 0.05) is 17.9 Å². The fourth-order valence-corrected chi connectivity index (χ4v) is 2.50. The minimum atomic E-state index is -1.61. The van der Waals surface area contributed by atoms with Crippen LogP contribution in [0.4, 0.5) is 13.2 Å². The highest BCUT2D eigenvalue weighted by Crippen LogP contribution is 2.20. The molecule has 0 atom stereocenters. The van der Waals surface area contributed by atoms with Crippen LogP contribution >= 0.6 is 15.9 Å². The zero-order chi connectivity index (χ0) is 15.3. The molecule has 0 spiro atoms. The molecule has 2 nitrogen and oxygen atoms in total. The molecule has 0 heterocycles. The summed E-state index contributed by atoms with van der Waals surface area (Å²) in [6, 6.07) is 1.69. The first-order valence-electron chi connectivity index (χ1n) is 6.48. The monoisotopic (exact) mass is 351 g/mol. The minimum Gasteiger partial charge on any atom is -0.335 e. The van der Waals surface area contributed by atoms with E-state index in [9.17, 15) is 18.0 Å². The van der Waals surface area contributed by atoms with Crippen LogP contribution in [-0.4, -0.2) is 28.7 Å². The van der Waals surface area contributed by atoms with Crippen LogP contribution in [0, 0.1) is 17.5 Å². The van der Waals surface area contributed by atoms with E-state index >= 15 is 0 Å². The molecule has 112 valence electrons. The molecule has 1 amide bonds. The third-order valence-corrected chi connectivity index (χ3v) is 3.59. The second kappa shape index (κ2) is 7.67. The average molecular weight is 352 g/mol. The van der Waals surface area contributed by atoms with Gasteiger partial charge in [0.1, 0.15) is 0 Å². The normalized spacial score (nSPS) is 10.9. The van der Waals surface area contributed by atoms with Crippen molar-refractivity contribution < 1.29 is 18.0 Å². The van der Waals surface area contributed by atoms with Crippen LogP contribution < -0.4 is 0 Å². The van der Waals surface area contributed by atoms with Crippen LogP contribution in [0.15, 0.2) is 12.1 Å². The smallest absolute Gasteiger partial charge is 0.257 e. The van der Waals surface area contributed by atoms with Crippen molar-refractivity contribution in [1.82, 2.24) is 4.90 Å². The quantitative estimate of drug-likeness (QED) is 0.557. The summed E-state index contributed by atoms with van der Waals surface area (Å²) in [5, 5.41) is 0.528. The Hall–Kier alpha value is -1.04. The lowest BCUT2D eigenvalue weighted by atomic mass is 10.1. The first-order valence-corrected chi connectivity index (χ1v) is 7.60. The molecule has 6 heteroatoms. The summed E-state index contributed by atoms with van der Waals surface area (Å²) in [5.41, 5.74) is -0.434. The van der Waals surface area contributed by atoms with Gasteiger partial charge in [0.2, 0.25) is 0 Å². The highest BCUT2D eigenvalue weighted by molar-refractivity contribution is 9.09. The molecular formula is C14H17BrF3NO. The molecule has 0 fully saturated rings. The molecule has 0 bridgehead atoms. The molecule has 0 saturated heterocycles. The molecule has 0 aliphatic carbocycles. The number of carbonyl (C=O) groups excluding carboxylic acids is 1. The topological polar surface area (TPSA) is 20.3 Å². The Kier molecular flexibility index (Phi) is 6.52. The van der Waals surface area contributed by atoms with Gasteiger partial charge in [0.05, 0.1) is 5.56 Å². The minimum absolute atomic E-state index is 0.0624. The lowest BCUT2D eigenvalue weighted by molar-refractivity contribution is 0.0676. The Bertz CT molecular complexity index is 478. The highest BCUT2D eigenvalue weighted by Gasteiger charge is 2.26. The van der Waals surface area contributed by atoms with Crippen LogP contribution in [0.2, 0.25) is 0 Å². The van der Waals surface area contributed by atoms with Gasteiger partial charge < -0.3 is 4.90 Å². The van der Waals surface area contributed by atoms with Gasteiger partial charge in [0.15, 0.2) is 17.5 Å². The van der Waals surface area contributed by atoms with Crippen molar-refractivity contribution in [1.29, 1.82) is 0 Å². The number of hydrogen-bond acceptors (Lipinski definition) is 1. The summed E-state index contributed by atoms with van der Waals surface area (Å²) in [6.07, 6.45) is 1.42. The van der Waals surface area contributed by atoms with Gasteiger partial charge in [-0.05, 0) is 25.0 Å². The lowest BCUT2D eigenvalue weighted by Gasteiger charge is -2.30. The van der Waals surface area contributed by atoms with Crippen LogP contribution in [0.25, 0.3) is 0 Å². The molecule has 0 aliphatic rings. The van der Waals surface area contributed by atoms with Crippen LogP contribution in [0.1, 0.15) is 37.0 Å². The number of carbonyl (C=O) groups is 1. The van der Waals surface area contributed by atoms with Gasteiger partial charge >= 0.3 is 0 Å². The van der Waals surface area contributed by atoms with E-state index in [1.54, 1.807) is 0 Å². The fraction of sp³-hybridized carbons (Fsp3) is 0.500. The molecule has 0 aliphatic heterocycles. The first-order chi connectivity index (χ1) is 9.47. The maximum absolute atomic E-state index is 13.7. The van der Waals surface area contributed by atoms with E-state index in [1.165, 1.54) is 4.90 Å². The van der Waals surface area contributed by atoms with E-state index in [-0.39, 0.29) is 6.04 Å². The molecule has 1 rings (SSSR count). The van der Waals surface area contributed by atoms with Gasteiger partial charge in [-0.2, -0.15) is 0 Å². The summed E-state index contributed by atoms with van der Waals surface area (Å²) in [5.74, 6) is -4.96. The second-order valence-corrected chi connectivity index (χ2v) is 5.17. The maximum Gasteiger partial charge on any atom is 0.257 e. The Balaban J connectivity index is 3.15. The number of amides is 1. The molecule has 0 radical (unpaired) electrons. The van der Waals surface area contributed by atoms with Gasteiger partial charge in [0.25, 0.3) is 5.91 Å². The van der Waals surface area contributed by atoms with Crippen molar-refractivity contribution >= 4 is 21.8 Å². The van der Waals surface area contributed by atoms with Crippen LogP contribution in [0.5, 0.6) is 0 Å². The summed E-state index contributed by atoms with van der Waals surface area (Å²) in [6.45, 7) is 4.22. The summed E-state index contributed by atoms with van der Waals surface area (Å²) < 4.78 is 39.9. The standard InChI is InChI=1S/C14H17BrF3NO/c1-3-9(4-2)19(8-7-15)14(20)10-5-6-11(16)13(18)12(10)17/h5-6,9H,3-4,7-8H2,1-2H3. The van der Waals surface area contributed by atoms with Gasteiger partial charge in [-0.3, -0.25) is 4.79 Å². The van der Waals surface area contributed by atoms with E-state index in [0.29, 0.717) is 24.7 Å². The zero-order valence-electron chi connectivity index (χ0n) is 11.4. The molecule has 20 heavy (non-hydrogen) atoms. The van der Waals surface area contributed by atoms with Crippen LogP contribution in [-0.2, 0) is 0 Å². The summed E-state index contributed by atoms with van der Waals surface area (Å²) in [7, 11) is 0. The molecule has 1 aromatic rings. The number of nitrogens with zero attached hydrogens (tertiary/aromatic N) is 1. The first kappa shape index (κ1) is 17.0. The van der Waals surface area contributed by atoms with E-state index in [0.717, 1.165) is 12.1 Å². The van der Waals surface area contributed by atoms with E-state index < -0.39 is 28.9 Å². The summed E-state index contributed by atoms with van der Waals surface area (Å²) >= 11 is 3.24. The third kappa shape index (κ3) is 3.53. The van der Waals surface area contributed by atoms with Gasteiger partial charge in [-0.25, -0.2) is 13.2 Å². The van der Waals surface area contributed by atoms with Crippen molar-refractivity contribution in [3.63, 3.8) is 0 Å². The lowest BCUT2D eigenvalue weighted by Crippen LogP contribution is -2.41. The second-order valence-electron chi connectivity index (χ2n) is 4.38. The Morgan fingerprint density at radius 2 is 1.80 bits per heavy atom. The maximum atomic E-state index is 13.7. The zero-order valence-corrected chi connectivity index (χ0v) is 13.0.